The molecule has 1 aromatic heterocycles. The van der Waals surface area contributed by atoms with Crippen LogP contribution in [0, 0.1) is 6.07 Å². The van der Waals surface area contributed by atoms with Crippen LogP contribution in [-0.4, -0.2) is 4.98 Å². The van der Waals surface area contributed by atoms with E-state index < -0.39 is 0 Å². The average Bonchev–Trinajstić information content (AvgIpc) is 2.46. The number of hydrogen-bond acceptors (Lipinski definition) is 1. The van der Waals surface area contributed by atoms with Crippen LogP contribution in [0.3, 0.4) is 0 Å². The predicted octanol–water partition coefficient (Wildman–Crippen LogP) is 5.00. The van der Waals surface area contributed by atoms with E-state index in [1.165, 1.54) is 16.3 Å². The van der Waals surface area contributed by atoms with E-state index >= 15 is 0 Å². The monoisotopic (exact) mass is 453 g/mol. The Hall–Kier alpha value is -1.50. The van der Waals surface area contributed by atoms with Crippen LogP contribution >= 0.6 is 0 Å². The van der Waals surface area contributed by atoms with E-state index in [2.05, 4.69) is 74.3 Å². The molecular formula is C19H18IrN-. The molecule has 0 unspecified atom stereocenters. The van der Waals surface area contributed by atoms with Gasteiger partial charge in [-0.1, -0.05) is 45.0 Å². The Morgan fingerprint density at radius 1 is 0.952 bits per heavy atom. The number of rotatable bonds is 1. The topological polar surface area (TPSA) is 12.9 Å². The number of fused-ring (bicyclic) bond motifs is 1. The summed E-state index contributed by atoms with van der Waals surface area (Å²) in [6.07, 6.45) is 1.86. The summed E-state index contributed by atoms with van der Waals surface area (Å²) in [5.74, 6) is 0. The Bertz CT molecular complexity index is 734. The number of benzene rings is 2. The third-order valence-electron chi connectivity index (χ3n) is 3.61. The van der Waals surface area contributed by atoms with Gasteiger partial charge in [0.2, 0.25) is 0 Å². The predicted molar refractivity (Wildman–Crippen MR) is 84.7 cm³/mol. The summed E-state index contributed by atoms with van der Waals surface area (Å²) in [5, 5.41) is 2.39. The maximum atomic E-state index is 4.54. The molecule has 2 heteroatoms. The van der Waals surface area contributed by atoms with Crippen molar-refractivity contribution in [2.45, 2.75) is 26.2 Å². The third-order valence-corrected chi connectivity index (χ3v) is 3.61. The van der Waals surface area contributed by atoms with Crippen molar-refractivity contribution in [1.82, 2.24) is 4.98 Å². The van der Waals surface area contributed by atoms with Crippen molar-refractivity contribution in [1.29, 1.82) is 0 Å². The summed E-state index contributed by atoms with van der Waals surface area (Å²) in [7, 11) is 0. The molecule has 0 aliphatic carbocycles. The van der Waals surface area contributed by atoms with Gasteiger partial charge >= 0.3 is 0 Å². The van der Waals surface area contributed by atoms with Crippen molar-refractivity contribution >= 4 is 10.8 Å². The fourth-order valence-corrected chi connectivity index (χ4v) is 2.37. The van der Waals surface area contributed by atoms with Gasteiger partial charge in [0.05, 0.1) is 0 Å². The number of pyridine rings is 1. The van der Waals surface area contributed by atoms with Gasteiger partial charge in [-0.3, -0.25) is 0 Å². The Morgan fingerprint density at radius 3 is 2.38 bits per heavy atom. The maximum Gasteiger partial charge on any atom is 0.0167 e. The quantitative estimate of drug-likeness (QED) is 0.474. The summed E-state index contributed by atoms with van der Waals surface area (Å²) >= 11 is 0. The molecule has 1 radical (unpaired) electrons. The van der Waals surface area contributed by atoms with Crippen molar-refractivity contribution in [2.24, 2.45) is 0 Å². The van der Waals surface area contributed by atoms with E-state index in [9.17, 15) is 0 Å². The van der Waals surface area contributed by atoms with Gasteiger partial charge in [-0.05, 0) is 27.9 Å². The fraction of sp³-hybridized carbons (Fsp3) is 0.211. The van der Waals surface area contributed by atoms with Gasteiger partial charge in [-0.2, -0.15) is 0 Å². The second kappa shape index (κ2) is 6.09. The Morgan fingerprint density at radius 2 is 1.71 bits per heavy atom. The van der Waals surface area contributed by atoms with E-state index in [0.717, 1.165) is 11.3 Å². The molecule has 0 saturated heterocycles. The van der Waals surface area contributed by atoms with Crippen molar-refractivity contribution in [3.05, 3.63) is 66.4 Å². The van der Waals surface area contributed by atoms with Crippen LogP contribution in [0.25, 0.3) is 22.0 Å². The summed E-state index contributed by atoms with van der Waals surface area (Å²) in [6, 6.07) is 20.1. The molecule has 3 rings (SSSR count). The van der Waals surface area contributed by atoms with Crippen LogP contribution in [0.15, 0.2) is 54.7 Å². The molecule has 0 amide bonds. The molecule has 0 atom stereocenters. The van der Waals surface area contributed by atoms with Crippen LogP contribution < -0.4 is 0 Å². The van der Waals surface area contributed by atoms with E-state index in [-0.39, 0.29) is 25.5 Å². The summed E-state index contributed by atoms with van der Waals surface area (Å²) in [4.78, 5) is 4.54. The zero-order chi connectivity index (χ0) is 14.2. The average molecular weight is 453 g/mol. The normalized spacial score (nSPS) is 11.2. The second-order valence-corrected chi connectivity index (χ2v) is 6.12. The molecule has 0 aliphatic heterocycles. The molecule has 2 aromatic carbocycles. The first kappa shape index (κ1) is 15.9. The third kappa shape index (κ3) is 3.23. The van der Waals surface area contributed by atoms with Gasteiger partial charge in [0.1, 0.15) is 0 Å². The largest absolute Gasteiger partial charge is 0.304 e. The molecule has 0 N–H and O–H groups in total. The minimum absolute atomic E-state index is 0. The van der Waals surface area contributed by atoms with E-state index in [1.54, 1.807) is 0 Å². The van der Waals surface area contributed by atoms with Crippen molar-refractivity contribution in [3.63, 3.8) is 0 Å². The summed E-state index contributed by atoms with van der Waals surface area (Å²) in [6.45, 7) is 6.64. The molecule has 0 aliphatic rings. The first-order valence-corrected chi connectivity index (χ1v) is 6.92. The molecule has 109 valence electrons. The van der Waals surface area contributed by atoms with Gasteiger partial charge in [-0.15, -0.1) is 35.4 Å². The van der Waals surface area contributed by atoms with Gasteiger partial charge in [0, 0.05) is 26.3 Å². The summed E-state index contributed by atoms with van der Waals surface area (Å²) in [5.41, 5.74) is 3.50. The standard InChI is InChI=1S/C19H18N.Ir/c1-19(2,3)16-10-8-15(9-11-16)18-17-7-5-4-6-14(17)12-13-20-18;/h4-8,10-13H,1-3H3;/q-1;. The van der Waals surface area contributed by atoms with Crippen LogP contribution in [0.4, 0.5) is 0 Å². The van der Waals surface area contributed by atoms with Crippen LogP contribution in [0.1, 0.15) is 26.3 Å². The van der Waals surface area contributed by atoms with Gasteiger partial charge in [0.25, 0.3) is 0 Å². The number of aromatic nitrogens is 1. The van der Waals surface area contributed by atoms with E-state index in [1.807, 2.05) is 12.3 Å². The molecule has 0 spiro atoms. The first-order chi connectivity index (χ1) is 9.55. The Kier molecular flexibility index (Phi) is 4.61. The fourth-order valence-electron chi connectivity index (χ4n) is 2.37. The molecule has 1 nitrogen and oxygen atoms in total. The van der Waals surface area contributed by atoms with Crippen LogP contribution in [-0.2, 0) is 25.5 Å². The molecule has 0 fully saturated rings. The smallest absolute Gasteiger partial charge is 0.0167 e. The number of nitrogens with zero attached hydrogens (tertiary/aromatic N) is 1. The molecule has 0 saturated carbocycles. The minimum Gasteiger partial charge on any atom is -0.304 e. The Labute approximate surface area is 139 Å². The molecule has 3 aromatic rings. The minimum atomic E-state index is 0. The van der Waals surface area contributed by atoms with Crippen molar-refractivity contribution in [2.75, 3.05) is 0 Å². The molecular weight excluding hydrogens is 434 g/mol. The molecule has 0 bridgehead atoms. The van der Waals surface area contributed by atoms with Crippen molar-refractivity contribution in [3.8, 4) is 11.3 Å². The van der Waals surface area contributed by atoms with Crippen molar-refractivity contribution < 1.29 is 20.1 Å². The van der Waals surface area contributed by atoms with Crippen LogP contribution in [0.5, 0.6) is 0 Å². The van der Waals surface area contributed by atoms with Crippen LogP contribution in [0.2, 0.25) is 0 Å². The van der Waals surface area contributed by atoms with Gasteiger partial charge in [-0.25, -0.2) is 0 Å². The van der Waals surface area contributed by atoms with E-state index in [0.29, 0.717) is 0 Å². The SMILES string of the molecule is CC(C)(C)c1c[c-]c(-c2nccc3ccccc23)cc1.[Ir]. The second-order valence-electron chi connectivity index (χ2n) is 6.12. The Balaban J connectivity index is 0.00000161. The zero-order valence-corrected chi connectivity index (χ0v) is 14.9. The first-order valence-electron chi connectivity index (χ1n) is 6.92. The number of hydrogen-bond donors (Lipinski definition) is 0. The molecule has 1 heterocycles. The van der Waals surface area contributed by atoms with Gasteiger partial charge < -0.3 is 4.98 Å². The molecule has 21 heavy (non-hydrogen) atoms. The van der Waals surface area contributed by atoms with E-state index in [4.69, 9.17) is 0 Å². The summed E-state index contributed by atoms with van der Waals surface area (Å²) < 4.78 is 0. The van der Waals surface area contributed by atoms with Gasteiger partial charge in [0.15, 0.2) is 0 Å². The zero-order valence-electron chi connectivity index (χ0n) is 12.5. The maximum absolute atomic E-state index is 4.54.